The summed E-state index contributed by atoms with van der Waals surface area (Å²) in [5.74, 6) is 0.129. The van der Waals surface area contributed by atoms with Crippen LogP contribution in [0.5, 0.6) is 0 Å². The van der Waals surface area contributed by atoms with Crippen LogP contribution >= 0.6 is 0 Å². The zero-order valence-corrected chi connectivity index (χ0v) is 10.8. The molecule has 17 heavy (non-hydrogen) atoms. The van der Waals surface area contributed by atoms with Crippen molar-refractivity contribution in [2.75, 3.05) is 26.8 Å². The lowest BCUT2D eigenvalue weighted by molar-refractivity contribution is -0.135. The number of hydrogen-bond donors (Lipinski definition) is 1. The van der Waals surface area contributed by atoms with E-state index >= 15 is 0 Å². The third kappa shape index (κ3) is 4.28. The van der Waals surface area contributed by atoms with Gasteiger partial charge in [0.1, 0.15) is 6.61 Å². The number of carbonyl (C=O) groups excluding carboxylic acids is 1. The van der Waals surface area contributed by atoms with Crippen molar-refractivity contribution >= 4 is 5.91 Å². The van der Waals surface area contributed by atoms with Crippen molar-refractivity contribution in [1.29, 1.82) is 0 Å². The number of likely N-dealkylation sites (N-methyl/N-ethyl adjacent to an activating group) is 1. The van der Waals surface area contributed by atoms with E-state index in [1.54, 1.807) is 0 Å². The largest absolute Gasteiger partial charge is 0.372 e. The van der Waals surface area contributed by atoms with Gasteiger partial charge in [0, 0.05) is 25.7 Å². The molecule has 4 nitrogen and oxygen atoms in total. The molecule has 2 fully saturated rings. The van der Waals surface area contributed by atoms with E-state index in [4.69, 9.17) is 4.74 Å². The van der Waals surface area contributed by atoms with Crippen LogP contribution in [0.1, 0.15) is 38.5 Å². The molecule has 1 amide bonds. The van der Waals surface area contributed by atoms with Crippen molar-refractivity contribution < 1.29 is 9.53 Å². The molecule has 0 spiro atoms. The molecule has 1 aliphatic carbocycles. The topological polar surface area (TPSA) is 41.6 Å². The van der Waals surface area contributed by atoms with Crippen LogP contribution in [-0.2, 0) is 9.53 Å². The minimum atomic E-state index is 0.129. The maximum Gasteiger partial charge on any atom is 0.248 e. The Labute approximate surface area is 104 Å². The second kappa shape index (κ2) is 6.36. The van der Waals surface area contributed by atoms with Gasteiger partial charge >= 0.3 is 0 Å². The lowest BCUT2D eigenvalue weighted by atomic mass is 10.0. The molecule has 0 radical (unpaired) electrons. The summed E-state index contributed by atoms with van der Waals surface area (Å²) < 4.78 is 5.47. The van der Waals surface area contributed by atoms with Crippen molar-refractivity contribution in [1.82, 2.24) is 10.2 Å². The fourth-order valence-corrected chi connectivity index (χ4v) is 2.32. The molecule has 1 saturated carbocycles. The monoisotopic (exact) mass is 240 g/mol. The van der Waals surface area contributed by atoms with Crippen LogP contribution in [0.15, 0.2) is 0 Å². The van der Waals surface area contributed by atoms with E-state index in [0.29, 0.717) is 18.7 Å². The smallest absolute Gasteiger partial charge is 0.248 e. The zero-order chi connectivity index (χ0) is 12.1. The van der Waals surface area contributed by atoms with E-state index in [9.17, 15) is 4.79 Å². The fraction of sp³-hybridized carbons (Fsp3) is 0.923. The van der Waals surface area contributed by atoms with Gasteiger partial charge in [-0.25, -0.2) is 0 Å². The molecule has 0 aromatic rings. The molecule has 1 saturated heterocycles. The van der Waals surface area contributed by atoms with E-state index in [1.807, 2.05) is 11.9 Å². The van der Waals surface area contributed by atoms with Gasteiger partial charge in [-0.15, -0.1) is 0 Å². The molecular formula is C13H24N2O2. The van der Waals surface area contributed by atoms with Crippen LogP contribution in [0.2, 0.25) is 0 Å². The first kappa shape index (κ1) is 12.8. The molecule has 0 aromatic heterocycles. The molecular weight excluding hydrogens is 216 g/mol. The molecule has 1 aliphatic heterocycles. The molecule has 1 unspecified atom stereocenters. The molecule has 2 aliphatic rings. The molecule has 1 atom stereocenters. The Hall–Kier alpha value is -0.610. The number of rotatable bonds is 6. The number of piperidine rings is 1. The summed E-state index contributed by atoms with van der Waals surface area (Å²) in [6.07, 6.45) is 7.21. The third-order valence-electron chi connectivity index (χ3n) is 3.74. The van der Waals surface area contributed by atoms with Gasteiger partial charge in [0.25, 0.3) is 0 Å². The number of amides is 1. The minimum absolute atomic E-state index is 0.129. The van der Waals surface area contributed by atoms with Gasteiger partial charge in [-0.2, -0.15) is 0 Å². The highest BCUT2D eigenvalue weighted by Crippen LogP contribution is 2.25. The van der Waals surface area contributed by atoms with E-state index < -0.39 is 0 Å². The first-order valence-electron chi connectivity index (χ1n) is 6.84. The predicted molar refractivity (Wildman–Crippen MR) is 66.9 cm³/mol. The first-order chi connectivity index (χ1) is 8.27. The Balaban J connectivity index is 1.51. The fourth-order valence-electron chi connectivity index (χ4n) is 2.32. The van der Waals surface area contributed by atoms with Crippen molar-refractivity contribution in [3.63, 3.8) is 0 Å². The Morgan fingerprint density at radius 1 is 1.35 bits per heavy atom. The van der Waals surface area contributed by atoms with Crippen molar-refractivity contribution in [3.8, 4) is 0 Å². The number of carbonyl (C=O) groups is 1. The quantitative estimate of drug-likeness (QED) is 0.708. The second-order valence-electron chi connectivity index (χ2n) is 5.22. The molecule has 4 heteroatoms. The second-order valence-corrected chi connectivity index (χ2v) is 5.22. The summed E-state index contributed by atoms with van der Waals surface area (Å²) in [5.41, 5.74) is 0. The normalized spacial score (nSPS) is 24.6. The summed E-state index contributed by atoms with van der Waals surface area (Å²) in [6, 6.07) is 1.09. The SMILES string of the molecule is CN(C(=O)COCCC1CCCCN1)C1CC1. The molecule has 2 rings (SSSR count). The summed E-state index contributed by atoms with van der Waals surface area (Å²) >= 11 is 0. The molecule has 1 heterocycles. The number of hydrogen-bond acceptors (Lipinski definition) is 3. The molecule has 0 aromatic carbocycles. The summed E-state index contributed by atoms with van der Waals surface area (Å²) in [7, 11) is 1.88. The highest BCUT2D eigenvalue weighted by molar-refractivity contribution is 5.77. The summed E-state index contributed by atoms with van der Waals surface area (Å²) in [5, 5.41) is 3.48. The summed E-state index contributed by atoms with van der Waals surface area (Å²) in [6.45, 7) is 2.08. The number of ether oxygens (including phenoxy) is 1. The standard InChI is InChI=1S/C13H24N2O2/c1-15(12-5-6-12)13(16)10-17-9-7-11-4-2-3-8-14-11/h11-12,14H,2-10H2,1H3. The third-order valence-corrected chi connectivity index (χ3v) is 3.74. The Kier molecular flexibility index (Phi) is 4.80. The average molecular weight is 240 g/mol. The van der Waals surface area contributed by atoms with Crippen molar-refractivity contribution in [3.05, 3.63) is 0 Å². The van der Waals surface area contributed by atoms with Gasteiger partial charge in [0.05, 0.1) is 0 Å². The van der Waals surface area contributed by atoms with Gasteiger partial charge in [-0.3, -0.25) is 4.79 Å². The summed E-state index contributed by atoms with van der Waals surface area (Å²) in [4.78, 5) is 13.5. The highest BCUT2D eigenvalue weighted by atomic mass is 16.5. The van der Waals surface area contributed by atoms with Gasteiger partial charge in [-0.1, -0.05) is 6.42 Å². The predicted octanol–water partition coefficient (Wildman–Crippen LogP) is 1.16. The van der Waals surface area contributed by atoms with Gasteiger partial charge in [0.15, 0.2) is 0 Å². The average Bonchev–Trinajstić information content (AvgIpc) is 3.19. The van der Waals surface area contributed by atoms with E-state index in [1.165, 1.54) is 19.3 Å². The van der Waals surface area contributed by atoms with Crippen LogP contribution in [0, 0.1) is 0 Å². The van der Waals surface area contributed by atoms with E-state index in [-0.39, 0.29) is 12.5 Å². The van der Waals surface area contributed by atoms with Crippen LogP contribution in [0.25, 0.3) is 0 Å². The van der Waals surface area contributed by atoms with Gasteiger partial charge in [-0.05, 0) is 38.6 Å². The van der Waals surface area contributed by atoms with E-state index in [2.05, 4.69) is 5.32 Å². The van der Waals surface area contributed by atoms with Crippen LogP contribution in [-0.4, -0.2) is 49.7 Å². The van der Waals surface area contributed by atoms with Crippen molar-refractivity contribution in [2.45, 2.75) is 50.6 Å². The van der Waals surface area contributed by atoms with Crippen LogP contribution in [0.4, 0.5) is 0 Å². The number of nitrogens with zero attached hydrogens (tertiary/aromatic N) is 1. The van der Waals surface area contributed by atoms with Crippen molar-refractivity contribution in [2.24, 2.45) is 0 Å². The zero-order valence-electron chi connectivity index (χ0n) is 10.8. The lowest BCUT2D eigenvalue weighted by Gasteiger charge is -2.23. The molecule has 0 bridgehead atoms. The molecule has 1 N–H and O–H groups in total. The maximum atomic E-state index is 11.7. The van der Waals surface area contributed by atoms with E-state index in [0.717, 1.165) is 25.8 Å². The number of nitrogens with one attached hydrogen (secondary N) is 1. The Morgan fingerprint density at radius 2 is 2.18 bits per heavy atom. The van der Waals surface area contributed by atoms with Crippen LogP contribution < -0.4 is 5.32 Å². The highest BCUT2D eigenvalue weighted by Gasteiger charge is 2.29. The molecule has 98 valence electrons. The maximum absolute atomic E-state index is 11.7. The Morgan fingerprint density at radius 3 is 2.82 bits per heavy atom. The van der Waals surface area contributed by atoms with Gasteiger partial charge in [0.2, 0.25) is 5.91 Å². The first-order valence-corrected chi connectivity index (χ1v) is 6.84. The lowest BCUT2D eigenvalue weighted by Crippen LogP contribution is -2.35. The van der Waals surface area contributed by atoms with Crippen LogP contribution in [0.3, 0.4) is 0 Å². The minimum Gasteiger partial charge on any atom is -0.372 e. The Bertz CT molecular complexity index is 248. The van der Waals surface area contributed by atoms with Gasteiger partial charge < -0.3 is 15.0 Å².